The molecule has 7 heteroatoms. The monoisotopic (exact) mass is 352 g/mol. The highest BCUT2D eigenvalue weighted by atomic mass is 16.5. The van der Waals surface area contributed by atoms with Gasteiger partial charge in [-0.15, -0.1) is 0 Å². The minimum absolute atomic E-state index is 0.467. The molecule has 0 amide bonds. The van der Waals surface area contributed by atoms with E-state index in [4.69, 9.17) is 19.8 Å². The SMILES string of the molecule is c1ccc2[nH]c(CN3CCc4nc(C5CCOCC5)nn4CC3)nc2c1. The van der Waals surface area contributed by atoms with E-state index in [1.807, 2.05) is 12.1 Å². The number of aromatic amines is 1. The number of H-pyrrole nitrogens is 1. The lowest BCUT2D eigenvalue weighted by atomic mass is 10.00. The topological polar surface area (TPSA) is 71.9 Å². The van der Waals surface area contributed by atoms with Crippen LogP contribution in [0.4, 0.5) is 0 Å². The first-order valence-electron chi connectivity index (χ1n) is 9.52. The van der Waals surface area contributed by atoms with E-state index < -0.39 is 0 Å². The minimum atomic E-state index is 0.467. The predicted octanol–water partition coefficient (Wildman–Crippen LogP) is 2.11. The van der Waals surface area contributed by atoms with Crippen molar-refractivity contribution in [3.05, 3.63) is 41.7 Å². The summed E-state index contributed by atoms with van der Waals surface area (Å²) in [5.74, 6) is 3.64. The van der Waals surface area contributed by atoms with Crippen molar-refractivity contribution in [3.63, 3.8) is 0 Å². The van der Waals surface area contributed by atoms with Crippen LogP contribution in [-0.2, 0) is 24.2 Å². The zero-order chi connectivity index (χ0) is 17.3. The summed E-state index contributed by atoms with van der Waals surface area (Å²) in [4.78, 5) is 15.4. The fraction of sp³-hybridized carbons (Fsp3) is 0.526. The lowest BCUT2D eigenvalue weighted by Crippen LogP contribution is -2.27. The summed E-state index contributed by atoms with van der Waals surface area (Å²) in [7, 11) is 0. The molecule has 4 heterocycles. The second kappa shape index (κ2) is 6.81. The number of hydrogen-bond acceptors (Lipinski definition) is 5. The number of benzene rings is 1. The summed E-state index contributed by atoms with van der Waals surface area (Å²) >= 11 is 0. The van der Waals surface area contributed by atoms with Crippen LogP contribution in [0.1, 0.15) is 36.2 Å². The van der Waals surface area contributed by atoms with Crippen molar-refractivity contribution in [2.24, 2.45) is 0 Å². The smallest absolute Gasteiger partial charge is 0.154 e. The number of nitrogens with one attached hydrogen (secondary N) is 1. The molecule has 0 spiro atoms. The quantitative estimate of drug-likeness (QED) is 0.782. The number of nitrogens with zero attached hydrogens (tertiary/aromatic N) is 5. The van der Waals surface area contributed by atoms with Gasteiger partial charge in [0.05, 0.1) is 24.1 Å². The molecule has 136 valence electrons. The Labute approximate surface area is 152 Å². The predicted molar refractivity (Wildman–Crippen MR) is 97.9 cm³/mol. The van der Waals surface area contributed by atoms with Crippen LogP contribution in [0.2, 0.25) is 0 Å². The van der Waals surface area contributed by atoms with E-state index in [2.05, 4.69) is 26.7 Å². The maximum Gasteiger partial charge on any atom is 0.154 e. The Kier molecular flexibility index (Phi) is 4.18. The lowest BCUT2D eigenvalue weighted by molar-refractivity contribution is 0.0835. The van der Waals surface area contributed by atoms with Crippen molar-refractivity contribution in [2.45, 2.75) is 38.3 Å². The molecular formula is C19H24N6O. The fourth-order valence-electron chi connectivity index (χ4n) is 3.94. The Hall–Kier alpha value is -2.25. The third-order valence-electron chi connectivity index (χ3n) is 5.44. The van der Waals surface area contributed by atoms with Crippen molar-refractivity contribution in [1.29, 1.82) is 0 Å². The zero-order valence-electron chi connectivity index (χ0n) is 14.9. The average Bonchev–Trinajstić information content (AvgIpc) is 3.23. The first kappa shape index (κ1) is 16.0. The standard InChI is InChI=1S/C19H24N6O/c1-2-4-16-15(3-1)20-17(21-16)13-24-8-5-18-22-19(23-25(18)10-9-24)14-6-11-26-12-7-14/h1-4,14H,5-13H2,(H,20,21). The van der Waals surface area contributed by atoms with Crippen LogP contribution in [0, 0.1) is 0 Å². The molecule has 3 aromatic rings. The number of ether oxygens (including phenoxy) is 1. The molecule has 7 nitrogen and oxygen atoms in total. The van der Waals surface area contributed by atoms with Crippen molar-refractivity contribution >= 4 is 11.0 Å². The molecule has 0 aliphatic carbocycles. The Morgan fingerprint density at radius 3 is 2.85 bits per heavy atom. The van der Waals surface area contributed by atoms with Gasteiger partial charge in [-0.05, 0) is 25.0 Å². The Balaban J connectivity index is 1.26. The van der Waals surface area contributed by atoms with E-state index in [1.54, 1.807) is 0 Å². The van der Waals surface area contributed by atoms with Crippen molar-refractivity contribution in [1.82, 2.24) is 29.6 Å². The highest BCUT2D eigenvalue weighted by Gasteiger charge is 2.24. The molecule has 26 heavy (non-hydrogen) atoms. The largest absolute Gasteiger partial charge is 0.381 e. The highest BCUT2D eigenvalue weighted by Crippen LogP contribution is 2.25. The molecule has 0 atom stereocenters. The van der Waals surface area contributed by atoms with Crippen LogP contribution < -0.4 is 0 Å². The van der Waals surface area contributed by atoms with Gasteiger partial charge in [0, 0.05) is 38.6 Å². The maximum absolute atomic E-state index is 5.46. The normalized spacial score (nSPS) is 19.5. The molecule has 1 aromatic carbocycles. The summed E-state index contributed by atoms with van der Waals surface area (Å²) in [5.41, 5.74) is 2.14. The lowest BCUT2D eigenvalue weighted by Gasteiger charge is -2.19. The van der Waals surface area contributed by atoms with Gasteiger partial charge in [-0.25, -0.2) is 14.6 Å². The number of fused-ring (bicyclic) bond motifs is 2. The highest BCUT2D eigenvalue weighted by molar-refractivity contribution is 5.74. The molecule has 0 radical (unpaired) electrons. The first-order valence-corrected chi connectivity index (χ1v) is 9.52. The molecule has 1 N–H and O–H groups in total. The molecule has 0 bridgehead atoms. The van der Waals surface area contributed by atoms with E-state index in [0.29, 0.717) is 5.92 Å². The first-order chi connectivity index (χ1) is 12.8. The summed E-state index contributed by atoms with van der Waals surface area (Å²) in [5, 5.41) is 4.81. The second-order valence-corrected chi connectivity index (χ2v) is 7.22. The number of aromatic nitrogens is 5. The van der Waals surface area contributed by atoms with Gasteiger partial charge in [-0.2, -0.15) is 5.10 Å². The summed E-state index contributed by atoms with van der Waals surface area (Å²) in [6.07, 6.45) is 3.03. The molecule has 1 fully saturated rings. The van der Waals surface area contributed by atoms with Gasteiger partial charge in [0.15, 0.2) is 5.82 Å². The van der Waals surface area contributed by atoms with E-state index >= 15 is 0 Å². The maximum atomic E-state index is 5.46. The minimum Gasteiger partial charge on any atom is -0.381 e. The molecule has 2 aliphatic rings. The van der Waals surface area contributed by atoms with Gasteiger partial charge in [0.1, 0.15) is 11.6 Å². The van der Waals surface area contributed by atoms with Gasteiger partial charge >= 0.3 is 0 Å². The number of hydrogen-bond donors (Lipinski definition) is 1. The molecule has 0 unspecified atom stereocenters. The number of para-hydroxylation sites is 2. The summed E-state index contributed by atoms with van der Waals surface area (Å²) in [6.45, 7) is 5.36. The molecule has 1 saturated heterocycles. The Morgan fingerprint density at radius 1 is 1.08 bits per heavy atom. The Morgan fingerprint density at radius 2 is 1.96 bits per heavy atom. The summed E-state index contributed by atoms with van der Waals surface area (Å²) in [6, 6.07) is 8.19. The Bertz CT molecular complexity index is 836. The molecule has 5 rings (SSSR count). The fourth-order valence-corrected chi connectivity index (χ4v) is 3.94. The van der Waals surface area contributed by atoms with Crippen LogP contribution in [0.3, 0.4) is 0 Å². The average molecular weight is 352 g/mol. The van der Waals surface area contributed by atoms with Crippen LogP contribution in [-0.4, -0.2) is 55.9 Å². The van der Waals surface area contributed by atoms with E-state index in [1.165, 1.54) is 0 Å². The zero-order valence-corrected chi connectivity index (χ0v) is 14.9. The molecule has 2 aromatic heterocycles. The van der Waals surface area contributed by atoms with E-state index in [-0.39, 0.29) is 0 Å². The molecule has 2 aliphatic heterocycles. The van der Waals surface area contributed by atoms with Gasteiger partial charge in [0.2, 0.25) is 0 Å². The third-order valence-corrected chi connectivity index (χ3v) is 5.44. The van der Waals surface area contributed by atoms with Gasteiger partial charge in [-0.3, -0.25) is 4.90 Å². The third kappa shape index (κ3) is 3.12. The second-order valence-electron chi connectivity index (χ2n) is 7.22. The number of imidazole rings is 1. The van der Waals surface area contributed by atoms with E-state index in [9.17, 15) is 0 Å². The van der Waals surface area contributed by atoms with Gasteiger partial charge in [-0.1, -0.05) is 12.1 Å². The van der Waals surface area contributed by atoms with E-state index in [0.717, 1.165) is 87.2 Å². The molecular weight excluding hydrogens is 328 g/mol. The van der Waals surface area contributed by atoms with Crippen LogP contribution in [0.5, 0.6) is 0 Å². The van der Waals surface area contributed by atoms with Crippen molar-refractivity contribution in [2.75, 3.05) is 26.3 Å². The molecule has 0 saturated carbocycles. The summed E-state index contributed by atoms with van der Waals surface area (Å²) < 4.78 is 7.57. The van der Waals surface area contributed by atoms with Gasteiger partial charge < -0.3 is 9.72 Å². The van der Waals surface area contributed by atoms with Crippen LogP contribution in [0.25, 0.3) is 11.0 Å². The number of rotatable bonds is 3. The van der Waals surface area contributed by atoms with Crippen molar-refractivity contribution < 1.29 is 4.74 Å². The van der Waals surface area contributed by atoms with Crippen LogP contribution in [0.15, 0.2) is 24.3 Å². The van der Waals surface area contributed by atoms with Crippen LogP contribution >= 0.6 is 0 Å². The van der Waals surface area contributed by atoms with Gasteiger partial charge in [0.25, 0.3) is 0 Å². The van der Waals surface area contributed by atoms with Crippen molar-refractivity contribution in [3.8, 4) is 0 Å².